The zero-order valence-electron chi connectivity index (χ0n) is 20.5. The van der Waals surface area contributed by atoms with Crippen LogP contribution in [0.1, 0.15) is 43.5 Å². The molecule has 180 valence electrons. The number of para-hydroxylation sites is 1. The zero-order valence-corrected chi connectivity index (χ0v) is 20.5. The Labute approximate surface area is 205 Å². The lowest BCUT2D eigenvalue weighted by Gasteiger charge is -2.27. The molecule has 6 heteroatoms. The lowest BCUT2D eigenvalue weighted by Crippen LogP contribution is -2.29. The molecule has 3 aromatic rings. The van der Waals surface area contributed by atoms with Gasteiger partial charge in [0.05, 0.1) is 25.8 Å². The van der Waals surface area contributed by atoms with Gasteiger partial charge in [-0.1, -0.05) is 63.2 Å². The van der Waals surface area contributed by atoms with Gasteiger partial charge in [-0.2, -0.15) is 0 Å². The molecule has 1 fully saturated rings. The molecule has 1 heterocycles. The maximum Gasteiger partial charge on any atom is 0.300 e. The van der Waals surface area contributed by atoms with E-state index in [-0.39, 0.29) is 16.7 Å². The van der Waals surface area contributed by atoms with Gasteiger partial charge in [-0.3, -0.25) is 14.5 Å². The highest BCUT2D eigenvalue weighted by Crippen LogP contribution is 2.45. The highest BCUT2D eigenvalue weighted by Gasteiger charge is 2.48. The number of anilines is 1. The number of ether oxygens (including phenoxy) is 2. The third-order valence-corrected chi connectivity index (χ3v) is 6.23. The van der Waals surface area contributed by atoms with Crippen molar-refractivity contribution >= 4 is 23.1 Å². The number of hydrogen-bond donors (Lipinski definition) is 1. The summed E-state index contributed by atoms with van der Waals surface area (Å²) in [4.78, 5) is 28.2. The number of Topliss-reactive ketones (excluding diaryl/α,β-unsaturated/α-hetero) is 1. The van der Waals surface area contributed by atoms with Crippen molar-refractivity contribution in [1.29, 1.82) is 0 Å². The molecule has 0 aliphatic carbocycles. The number of carbonyl (C=O) groups excluding carboxylic acids is 2. The van der Waals surface area contributed by atoms with Crippen LogP contribution >= 0.6 is 0 Å². The van der Waals surface area contributed by atoms with Gasteiger partial charge in [-0.05, 0) is 41.3 Å². The maximum absolute atomic E-state index is 13.4. The Morgan fingerprint density at radius 1 is 0.886 bits per heavy atom. The van der Waals surface area contributed by atoms with Crippen LogP contribution in [0.15, 0.2) is 78.4 Å². The fraction of sp³-hybridized carbons (Fsp3) is 0.241. The summed E-state index contributed by atoms with van der Waals surface area (Å²) in [7, 11) is 3.05. The molecule has 6 nitrogen and oxygen atoms in total. The van der Waals surface area contributed by atoms with Gasteiger partial charge in [0, 0.05) is 16.8 Å². The van der Waals surface area contributed by atoms with Gasteiger partial charge in [-0.25, -0.2) is 0 Å². The average Bonchev–Trinajstić information content (AvgIpc) is 3.13. The summed E-state index contributed by atoms with van der Waals surface area (Å²) in [6, 6.07) is 20.6. The van der Waals surface area contributed by atoms with Gasteiger partial charge in [0.1, 0.15) is 17.3 Å². The topological polar surface area (TPSA) is 76.1 Å². The van der Waals surface area contributed by atoms with Crippen molar-refractivity contribution in [3.8, 4) is 11.5 Å². The van der Waals surface area contributed by atoms with E-state index in [4.69, 9.17) is 9.47 Å². The summed E-state index contributed by atoms with van der Waals surface area (Å²) >= 11 is 0. The van der Waals surface area contributed by atoms with Crippen molar-refractivity contribution in [3.63, 3.8) is 0 Å². The van der Waals surface area contributed by atoms with Crippen LogP contribution in [0.4, 0.5) is 5.69 Å². The summed E-state index contributed by atoms with van der Waals surface area (Å²) in [5, 5.41) is 11.3. The molecule has 1 amide bonds. The second kappa shape index (κ2) is 9.29. The van der Waals surface area contributed by atoms with Crippen LogP contribution in [0, 0.1) is 0 Å². The molecule has 0 radical (unpaired) electrons. The van der Waals surface area contributed by atoms with Crippen LogP contribution < -0.4 is 14.4 Å². The van der Waals surface area contributed by atoms with Crippen molar-refractivity contribution in [1.82, 2.24) is 0 Å². The Kier molecular flexibility index (Phi) is 6.39. The smallest absolute Gasteiger partial charge is 0.300 e. The zero-order chi connectivity index (χ0) is 25.3. The minimum Gasteiger partial charge on any atom is -0.507 e. The summed E-state index contributed by atoms with van der Waals surface area (Å²) in [5.74, 6) is -0.718. The Bertz CT molecular complexity index is 1300. The molecule has 1 atom stereocenters. The summed E-state index contributed by atoms with van der Waals surface area (Å²) in [6.07, 6.45) is 0. The third kappa shape index (κ3) is 4.39. The van der Waals surface area contributed by atoms with Gasteiger partial charge in [0.15, 0.2) is 0 Å². The van der Waals surface area contributed by atoms with E-state index < -0.39 is 17.7 Å². The number of amides is 1. The number of nitrogens with zero attached hydrogens (tertiary/aromatic N) is 1. The number of hydrogen-bond acceptors (Lipinski definition) is 5. The summed E-state index contributed by atoms with van der Waals surface area (Å²) in [5.41, 5.74) is 2.56. The van der Waals surface area contributed by atoms with Gasteiger partial charge >= 0.3 is 0 Å². The van der Waals surface area contributed by atoms with E-state index in [1.165, 1.54) is 19.1 Å². The van der Waals surface area contributed by atoms with E-state index in [9.17, 15) is 14.7 Å². The maximum atomic E-state index is 13.4. The predicted molar refractivity (Wildman–Crippen MR) is 136 cm³/mol. The van der Waals surface area contributed by atoms with Crippen molar-refractivity contribution in [2.75, 3.05) is 19.1 Å². The van der Waals surface area contributed by atoms with Crippen LogP contribution in [0.2, 0.25) is 0 Å². The third-order valence-electron chi connectivity index (χ3n) is 6.23. The highest BCUT2D eigenvalue weighted by molar-refractivity contribution is 6.51. The van der Waals surface area contributed by atoms with E-state index in [2.05, 4.69) is 20.8 Å². The minimum atomic E-state index is -0.877. The monoisotopic (exact) mass is 471 g/mol. The molecule has 0 aromatic heterocycles. The molecular formula is C29H29NO5. The first-order chi connectivity index (χ1) is 16.7. The van der Waals surface area contributed by atoms with Crippen LogP contribution in [-0.2, 0) is 15.0 Å². The molecule has 35 heavy (non-hydrogen) atoms. The molecule has 0 bridgehead atoms. The second-order valence-electron chi connectivity index (χ2n) is 9.44. The van der Waals surface area contributed by atoms with Gasteiger partial charge in [0.25, 0.3) is 11.7 Å². The molecular weight excluding hydrogens is 442 g/mol. The van der Waals surface area contributed by atoms with Crippen LogP contribution in [-0.4, -0.2) is 31.0 Å². The molecule has 1 aliphatic rings. The molecule has 4 rings (SSSR count). The van der Waals surface area contributed by atoms with Crippen LogP contribution in [0.3, 0.4) is 0 Å². The first-order valence-corrected chi connectivity index (χ1v) is 11.4. The Balaban J connectivity index is 1.94. The van der Waals surface area contributed by atoms with Crippen molar-refractivity contribution in [2.45, 2.75) is 32.2 Å². The minimum absolute atomic E-state index is 0.00680. The molecule has 1 saturated heterocycles. The number of aliphatic hydroxyl groups is 1. The molecule has 1 unspecified atom stereocenters. The SMILES string of the molecule is COc1cccc(/C(O)=C2\C(=O)C(=O)N(c3ccc(C(C)(C)C)cc3)C2c2ccccc2OC)c1. The Morgan fingerprint density at radius 2 is 1.57 bits per heavy atom. The quantitative estimate of drug-likeness (QED) is 0.297. The van der Waals surface area contributed by atoms with E-state index >= 15 is 0 Å². The number of aliphatic hydroxyl groups excluding tert-OH is 1. The molecule has 0 spiro atoms. The van der Waals surface area contributed by atoms with Crippen molar-refractivity contribution < 1.29 is 24.2 Å². The summed E-state index contributed by atoms with van der Waals surface area (Å²) in [6.45, 7) is 6.32. The number of rotatable bonds is 5. The van der Waals surface area contributed by atoms with E-state index in [1.54, 1.807) is 36.4 Å². The first-order valence-electron chi connectivity index (χ1n) is 11.4. The van der Waals surface area contributed by atoms with E-state index in [1.807, 2.05) is 36.4 Å². The molecule has 3 aromatic carbocycles. The normalized spacial score (nSPS) is 17.5. The first kappa shape index (κ1) is 24.1. The Hall–Kier alpha value is -4.06. The lowest BCUT2D eigenvalue weighted by atomic mass is 9.87. The molecule has 1 aliphatic heterocycles. The predicted octanol–water partition coefficient (Wildman–Crippen LogP) is 5.63. The number of benzene rings is 3. The fourth-order valence-electron chi connectivity index (χ4n) is 4.33. The van der Waals surface area contributed by atoms with Gasteiger partial charge < -0.3 is 14.6 Å². The van der Waals surface area contributed by atoms with Gasteiger partial charge in [0.2, 0.25) is 0 Å². The van der Waals surface area contributed by atoms with E-state index in [0.29, 0.717) is 28.3 Å². The number of carbonyl (C=O) groups is 2. The summed E-state index contributed by atoms with van der Waals surface area (Å²) < 4.78 is 10.8. The number of ketones is 1. The average molecular weight is 472 g/mol. The molecule has 0 saturated carbocycles. The van der Waals surface area contributed by atoms with Gasteiger partial charge in [-0.15, -0.1) is 0 Å². The standard InChI is InChI=1S/C29H29NO5/c1-29(2,3)19-13-15-20(16-14-19)30-25(22-11-6-7-12-23(22)35-5)24(27(32)28(30)33)26(31)18-9-8-10-21(17-18)34-4/h6-17,25,31H,1-5H3/b26-24+. The van der Waals surface area contributed by atoms with Crippen molar-refractivity contribution in [3.05, 3.63) is 95.1 Å². The Morgan fingerprint density at radius 3 is 2.20 bits per heavy atom. The fourth-order valence-corrected chi connectivity index (χ4v) is 4.33. The van der Waals surface area contributed by atoms with Crippen LogP contribution in [0.25, 0.3) is 5.76 Å². The second-order valence-corrected chi connectivity index (χ2v) is 9.44. The number of methoxy groups -OCH3 is 2. The highest BCUT2D eigenvalue weighted by atomic mass is 16.5. The van der Waals surface area contributed by atoms with Crippen molar-refractivity contribution in [2.24, 2.45) is 0 Å². The van der Waals surface area contributed by atoms with E-state index in [0.717, 1.165) is 5.56 Å². The molecule has 1 N–H and O–H groups in total. The largest absolute Gasteiger partial charge is 0.507 e. The lowest BCUT2D eigenvalue weighted by molar-refractivity contribution is -0.132. The van der Waals surface area contributed by atoms with Crippen LogP contribution in [0.5, 0.6) is 11.5 Å².